The van der Waals surface area contributed by atoms with Gasteiger partial charge < -0.3 is 9.84 Å². The van der Waals surface area contributed by atoms with Crippen molar-refractivity contribution >= 4 is 0 Å². The smallest absolute Gasteiger partial charge is 0.137 e. The molecule has 0 aliphatic heterocycles. The minimum absolute atomic E-state index is 0.136. The molecule has 0 saturated carbocycles. The van der Waals surface area contributed by atoms with Crippen LogP contribution in [0.25, 0.3) is 0 Å². The van der Waals surface area contributed by atoms with Gasteiger partial charge in [0.2, 0.25) is 0 Å². The minimum Gasteiger partial charge on any atom is -0.495 e. The summed E-state index contributed by atoms with van der Waals surface area (Å²) in [6, 6.07) is 1.81. The van der Waals surface area contributed by atoms with Crippen molar-refractivity contribution in [3.63, 3.8) is 0 Å². The first-order valence-corrected chi connectivity index (χ1v) is 4.70. The second-order valence-electron chi connectivity index (χ2n) is 3.92. The van der Waals surface area contributed by atoms with Crippen LogP contribution in [0.1, 0.15) is 26.3 Å². The summed E-state index contributed by atoms with van der Waals surface area (Å²) >= 11 is 0. The van der Waals surface area contributed by atoms with Crippen LogP contribution in [0.3, 0.4) is 0 Å². The summed E-state index contributed by atoms with van der Waals surface area (Å²) in [5.74, 6) is 0.805. The standard InChI is InChI=1S/C11H17NO2/c1-8(2)11(3,13)9-5-10(14-4)7-12-6-9/h5-8,13H,1-4H3. The van der Waals surface area contributed by atoms with E-state index in [0.29, 0.717) is 5.75 Å². The summed E-state index contributed by atoms with van der Waals surface area (Å²) < 4.78 is 5.06. The van der Waals surface area contributed by atoms with Gasteiger partial charge in [-0.15, -0.1) is 0 Å². The van der Waals surface area contributed by atoms with Crippen molar-refractivity contribution in [2.24, 2.45) is 5.92 Å². The molecule has 14 heavy (non-hydrogen) atoms. The highest BCUT2D eigenvalue weighted by molar-refractivity contribution is 5.27. The van der Waals surface area contributed by atoms with Crippen molar-refractivity contribution in [3.05, 3.63) is 24.0 Å². The largest absolute Gasteiger partial charge is 0.495 e. The van der Waals surface area contributed by atoms with Gasteiger partial charge in [0.15, 0.2) is 0 Å². The number of aromatic nitrogens is 1. The molecule has 0 spiro atoms. The second kappa shape index (κ2) is 3.96. The zero-order valence-corrected chi connectivity index (χ0v) is 9.11. The first-order chi connectivity index (χ1) is 6.48. The Morgan fingerprint density at radius 3 is 2.57 bits per heavy atom. The lowest BCUT2D eigenvalue weighted by molar-refractivity contribution is 0.00854. The highest BCUT2D eigenvalue weighted by Crippen LogP contribution is 2.29. The lowest BCUT2D eigenvalue weighted by Gasteiger charge is -2.27. The van der Waals surface area contributed by atoms with Gasteiger partial charge in [0.1, 0.15) is 5.75 Å². The molecular formula is C11H17NO2. The number of rotatable bonds is 3. The molecule has 0 amide bonds. The molecule has 1 N–H and O–H groups in total. The summed E-state index contributed by atoms with van der Waals surface area (Å²) in [5.41, 5.74) is -0.0755. The molecule has 0 aromatic carbocycles. The van der Waals surface area contributed by atoms with Crippen LogP contribution in [0.15, 0.2) is 18.5 Å². The number of pyridine rings is 1. The predicted octanol–water partition coefficient (Wildman–Crippen LogP) is 1.95. The van der Waals surface area contributed by atoms with E-state index >= 15 is 0 Å². The molecule has 0 aliphatic rings. The maximum absolute atomic E-state index is 10.2. The van der Waals surface area contributed by atoms with Crippen molar-refractivity contribution in [1.82, 2.24) is 4.98 Å². The molecule has 0 bridgehead atoms. The van der Waals surface area contributed by atoms with Crippen LogP contribution >= 0.6 is 0 Å². The summed E-state index contributed by atoms with van der Waals surface area (Å²) in [5, 5.41) is 10.2. The van der Waals surface area contributed by atoms with E-state index in [4.69, 9.17) is 4.74 Å². The van der Waals surface area contributed by atoms with Crippen LogP contribution in [0.5, 0.6) is 5.75 Å². The molecule has 3 nitrogen and oxygen atoms in total. The van der Waals surface area contributed by atoms with E-state index in [1.54, 1.807) is 26.4 Å². The van der Waals surface area contributed by atoms with Gasteiger partial charge in [-0.2, -0.15) is 0 Å². The molecule has 1 unspecified atom stereocenters. The van der Waals surface area contributed by atoms with Gasteiger partial charge in [-0.3, -0.25) is 4.98 Å². The van der Waals surface area contributed by atoms with E-state index in [0.717, 1.165) is 5.56 Å². The van der Waals surface area contributed by atoms with Crippen LogP contribution in [-0.4, -0.2) is 17.2 Å². The predicted molar refractivity (Wildman–Crippen MR) is 55.2 cm³/mol. The van der Waals surface area contributed by atoms with E-state index < -0.39 is 5.60 Å². The molecule has 1 aromatic heterocycles. The number of aliphatic hydroxyl groups is 1. The number of hydrogen-bond donors (Lipinski definition) is 1. The van der Waals surface area contributed by atoms with Crippen LogP contribution in [0.4, 0.5) is 0 Å². The van der Waals surface area contributed by atoms with Gasteiger partial charge in [0, 0.05) is 11.8 Å². The number of ether oxygens (including phenoxy) is 1. The van der Waals surface area contributed by atoms with E-state index in [1.807, 2.05) is 19.9 Å². The van der Waals surface area contributed by atoms with Gasteiger partial charge in [0.25, 0.3) is 0 Å². The van der Waals surface area contributed by atoms with Gasteiger partial charge in [-0.1, -0.05) is 13.8 Å². The average molecular weight is 195 g/mol. The fraction of sp³-hybridized carbons (Fsp3) is 0.545. The number of hydrogen-bond acceptors (Lipinski definition) is 3. The van der Waals surface area contributed by atoms with Crippen molar-refractivity contribution in [2.75, 3.05) is 7.11 Å². The van der Waals surface area contributed by atoms with Crippen LogP contribution in [0, 0.1) is 5.92 Å². The third kappa shape index (κ3) is 2.04. The van der Waals surface area contributed by atoms with Crippen molar-refractivity contribution in [2.45, 2.75) is 26.4 Å². The molecule has 1 aromatic rings. The SMILES string of the molecule is COc1cncc(C(C)(O)C(C)C)c1. The van der Waals surface area contributed by atoms with Gasteiger partial charge >= 0.3 is 0 Å². The Balaban J connectivity index is 3.06. The molecule has 1 atom stereocenters. The Kier molecular flexibility index (Phi) is 3.11. The van der Waals surface area contributed by atoms with Gasteiger partial charge in [-0.05, 0) is 18.9 Å². The topological polar surface area (TPSA) is 42.4 Å². The Labute approximate surface area is 84.7 Å². The lowest BCUT2D eigenvalue weighted by atomic mass is 9.86. The Hall–Kier alpha value is -1.09. The summed E-state index contributed by atoms with van der Waals surface area (Å²) in [4.78, 5) is 4.02. The number of methoxy groups -OCH3 is 1. The maximum atomic E-state index is 10.2. The molecule has 78 valence electrons. The van der Waals surface area contributed by atoms with Crippen LogP contribution in [0.2, 0.25) is 0 Å². The van der Waals surface area contributed by atoms with E-state index in [2.05, 4.69) is 4.98 Å². The zero-order chi connectivity index (χ0) is 10.8. The van der Waals surface area contributed by atoms with Crippen molar-refractivity contribution < 1.29 is 9.84 Å². The normalized spacial score (nSPS) is 15.3. The maximum Gasteiger partial charge on any atom is 0.137 e. The quantitative estimate of drug-likeness (QED) is 0.801. The fourth-order valence-electron chi connectivity index (χ4n) is 1.14. The molecule has 3 heteroatoms. The van der Waals surface area contributed by atoms with Crippen molar-refractivity contribution in [3.8, 4) is 5.75 Å². The third-order valence-corrected chi connectivity index (χ3v) is 2.66. The molecule has 1 heterocycles. The summed E-state index contributed by atoms with van der Waals surface area (Å²) in [6.07, 6.45) is 3.29. The minimum atomic E-state index is -0.860. The van der Waals surface area contributed by atoms with Gasteiger partial charge in [-0.25, -0.2) is 0 Å². The van der Waals surface area contributed by atoms with E-state index in [-0.39, 0.29) is 5.92 Å². The number of nitrogens with zero attached hydrogens (tertiary/aromatic N) is 1. The molecular weight excluding hydrogens is 178 g/mol. The summed E-state index contributed by atoms with van der Waals surface area (Å²) in [6.45, 7) is 5.73. The first-order valence-electron chi connectivity index (χ1n) is 4.70. The lowest BCUT2D eigenvalue weighted by Crippen LogP contribution is -2.28. The highest BCUT2D eigenvalue weighted by Gasteiger charge is 2.27. The van der Waals surface area contributed by atoms with Crippen molar-refractivity contribution in [1.29, 1.82) is 0 Å². The third-order valence-electron chi connectivity index (χ3n) is 2.66. The zero-order valence-electron chi connectivity index (χ0n) is 9.11. The highest BCUT2D eigenvalue weighted by atomic mass is 16.5. The molecule has 0 saturated heterocycles. The second-order valence-corrected chi connectivity index (χ2v) is 3.92. The molecule has 0 aliphatic carbocycles. The first kappa shape index (κ1) is 11.0. The van der Waals surface area contributed by atoms with Crippen LogP contribution in [-0.2, 0) is 5.60 Å². The Bertz CT molecular complexity index is 308. The average Bonchev–Trinajstić information content (AvgIpc) is 2.17. The van der Waals surface area contributed by atoms with E-state index in [1.165, 1.54) is 0 Å². The molecule has 0 fully saturated rings. The van der Waals surface area contributed by atoms with Crippen LogP contribution < -0.4 is 4.74 Å². The fourth-order valence-corrected chi connectivity index (χ4v) is 1.14. The molecule has 1 rings (SSSR count). The van der Waals surface area contributed by atoms with Gasteiger partial charge in [0.05, 0.1) is 18.9 Å². The molecule has 0 radical (unpaired) electrons. The Morgan fingerprint density at radius 2 is 2.07 bits per heavy atom. The summed E-state index contributed by atoms with van der Waals surface area (Å²) in [7, 11) is 1.59. The Morgan fingerprint density at radius 1 is 1.43 bits per heavy atom. The van der Waals surface area contributed by atoms with E-state index in [9.17, 15) is 5.11 Å². The monoisotopic (exact) mass is 195 g/mol.